The summed E-state index contributed by atoms with van der Waals surface area (Å²) in [5, 5.41) is 0. The zero-order valence-corrected chi connectivity index (χ0v) is 10.8. The number of hydrogen-bond donors (Lipinski definition) is 1. The van der Waals surface area contributed by atoms with Crippen LogP contribution in [-0.2, 0) is 9.63 Å². The average Bonchev–Trinajstić information content (AvgIpc) is 2.31. The Balaban J connectivity index is 2.43. The lowest BCUT2D eigenvalue weighted by Crippen LogP contribution is -2.37. The molecule has 100 valence electrons. The molecule has 0 aromatic heterocycles. The Kier molecular flexibility index (Phi) is 5.58. The van der Waals surface area contributed by atoms with Crippen LogP contribution in [0.5, 0.6) is 5.75 Å². The van der Waals surface area contributed by atoms with E-state index in [1.165, 1.54) is 19.1 Å². The van der Waals surface area contributed by atoms with Crippen LogP contribution in [0.2, 0.25) is 0 Å². The molecule has 1 aromatic carbocycles. The Labute approximate surface area is 106 Å². The van der Waals surface area contributed by atoms with Gasteiger partial charge >= 0.3 is 0 Å². The summed E-state index contributed by atoms with van der Waals surface area (Å²) in [7, 11) is 0. The summed E-state index contributed by atoms with van der Waals surface area (Å²) < 4.78 is 18.5. The smallest absolute Gasteiger partial charge is 0.284 e. The molecule has 4 nitrogen and oxygen atoms in total. The quantitative estimate of drug-likeness (QED) is 0.793. The molecule has 0 spiro atoms. The van der Waals surface area contributed by atoms with Crippen molar-refractivity contribution in [1.29, 1.82) is 0 Å². The molecule has 1 rings (SSSR count). The molecule has 1 N–H and O–H groups in total. The molecule has 0 aliphatic carbocycles. The zero-order valence-electron chi connectivity index (χ0n) is 10.8. The number of carbonyl (C=O) groups excluding carboxylic acids is 1. The Morgan fingerprint density at radius 3 is 2.61 bits per heavy atom. The summed E-state index contributed by atoms with van der Waals surface area (Å²) in [5.41, 5.74) is 2.27. The second-order valence-corrected chi connectivity index (χ2v) is 4.36. The molecule has 0 radical (unpaired) electrons. The Bertz CT molecular complexity index is 396. The predicted molar refractivity (Wildman–Crippen MR) is 65.4 cm³/mol. The fourth-order valence-electron chi connectivity index (χ4n) is 1.15. The number of rotatable bonds is 6. The largest absolute Gasteiger partial charge is 0.478 e. The van der Waals surface area contributed by atoms with E-state index in [1.807, 2.05) is 13.8 Å². The molecule has 1 amide bonds. The van der Waals surface area contributed by atoms with Crippen molar-refractivity contribution < 1.29 is 18.8 Å². The van der Waals surface area contributed by atoms with Gasteiger partial charge in [-0.05, 0) is 25.0 Å². The van der Waals surface area contributed by atoms with Crippen molar-refractivity contribution >= 4 is 5.91 Å². The van der Waals surface area contributed by atoms with Gasteiger partial charge in [-0.2, -0.15) is 0 Å². The van der Waals surface area contributed by atoms with Gasteiger partial charge < -0.3 is 4.74 Å². The maximum absolute atomic E-state index is 13.3. The van der Waals surface area contributed by atoms with Crippen LogP contribution in [0.3, 0.4) is 0 Å². The summed E-state index contributed by atoms with van der Waals surface area (Å²) in [6.45, 7) is 5.87. The van der Waals surface area contributed by atoms with E-state index in [4.69, 9.17) is 9.57 Å². The number of halogens is 1. The molecule has 5 heteroatoms. The Morgan fingerprint density at radius 2 is 2.00 bits per heavy atom. The van der Waals surface area contributed by atoms with E-state index in [2.05, 4.69) is 5.48 Å². The number of hydroxylamine groups is 1. The summed E-state index contributed by atoms with van der Waals surface area (Å²) in [5.74, 6) is -0.587. The summed E-state index contributed by atoms with van der Waals surface area (Å²) in [4.78, 5) is 16.5. The van der Waals surface area contributed by atoms with Gasteiger partial charge in [0.25, 0.3) is 5.91 Å². The molecule has 0 bridgehead atoms. The van der Waals surface area contributed by atoms with Crippen LogP contribution in [0.4, 0.5) is 4.39 Å². The van der Waals surface area contributed by atoms with Crippen molar-refractivity contribution in [2.45, 2.75) is 26.9 Å². The summed E-state index contributed by atoms with van der Waals surface area (Å²) >= 11 is 0. The highest BCUT2D eigenvalue weighted by molar-refractivity contribution is 5.79. The van der Waals surface area contributed by atoms with E-state index in [-0.39, 0.29) is 5.75 Å². The van der Waals surface area contributed by atoms with Crippen molar-refractivity contribution in [3.05, 3.63) is 30.1 Å². The van der Waals surface area contributed by atoms with Crippen molar-refractivity contribution in [2.75, 3.05) is 6.61 Å². The first-order valence-electron chi connectivity index (χ1n) is 5.83. The van der Waals surface area contributed by atoms with E-state index in [0.717, 1.165) is 0 Å². The highest BCUT2D eigenvalue weighted by atomic mass is 19.1. The maximum atomic E-state index is 13.3. The molecule has 0 saturated carbocycles. The third-order valence-electron chi connectivity index (χ3n) is 2.10. The van der Waals surface area contributed by atoms with E-state index >= 15 is 0 Å². The standard InChI is InChI=1S/C13H18FNO3/c1-9(2)8-17-15-13(16)10(3)18-12-7-5-4-6-11(12)14/h4-7,9-10H,8H2,1-3H3,(H,15,16). The predicted octanol–water partition coefficient (Wildman–Crippen LogP) is 2.30. The van der Waals surface area contributed by atoms with Crippen LogP contribution < -0.4 is 10.2 Å². The van der Waals surface area contributed by atoms with Crippen LogP contribution in [-0.4, -0.2) is 18.6 Å². The SMILES string of the molecule is CC(C)CONC(=O)C(C)Oc1ccccc1F. The van der Waals surface area contributed by atoms with Gasteiger partial charge in [0.05, 0.1) is 6.61 Å². The van der Waals surface area contributed by atoms with E-state index in [9.17, 15) is 9.18 Å². The number of nitrogens with one attached hydrogen (secondary N) is 1. The number of amides is 1. The van der Waals surface area contributed by atoms with Crippen molar-refractivity contribution in [3.8, 4) is 5.75 Å². The molecule has 1 unspecified atom stereocenters. The molecule has 0 saturated heterocycles. The number of hydrogen-bond acceptors (Lipinski definition) is 3. The monoisotopic (exact) mass is 255 g/mol. The van der Waals surface area contributed by atoms with Crippen LogP contribution in [0.25, 0.3) is 0 Å². The Hall–Kier alpha value is -1.62. The minimum Gasteiger partial charge on any atom is -0.478 e. The topological polar surface area (TPSA) is 47.6 Å². The number of ether oxygens (including phenoxy) is 1. The molecule has 1 aromatic rings. The van der Waals surface area contributed by atoms with Gasteiger partial charge in [0.1, 0.15) is 0 Å². The van der Waals surface area contributed by atoms with Crippen LogP contribution in [0.15, 0.2) is 24.3 Å². The molecule has 0 aliphatic heterocycles. The van der Waals surface area contributed by atoms with Gasteiger partial charge in [0, 0.05) is 0 Å². The zero-order chi connectivity index (χ0) is 13.5. The highest BCUT2D eigenvalue weighted by Crippen LogP contribution is 2.16. The van der Waals surface area contributed by atoms with Crippen molar-refractivity contribution in [3.63, 3.8) is 0 Å². The fraction of sp³-hybridized carbons (Fsp3) is 0.462. The number of para-hydroxylation sites is 1. The highest BCUT2D eigenvalue weighted by Gasteiger charge is 2.16. The first kappa shape index (κ1) is 14.4. The van der Waals surface area contributed by atoms with Gasteiger partial charge in [-0.15, -0.1) is 0 Å². The summed E-state index contributed by atoms with van der Waals surface area (Å²) in [6.07, 6.45) is -0.825. The lowest BCUT2D eigenvalue weighted by Gasteiger charge is -2.15. The molecule has 0 aliphatic rings. The molecular weight excluding hydrogens is 237 g/mol. The van der Waals surface area contributed by atoms with Crippen LogP contribution >= 0.6 is 0 Å². The van der Waals surface area contributed by atoms with Crippen molar-refractivity contribution in [2.24, 2.45) is 5.92 Å². The molecule has 0 heterocycles. The molecular formula is C13H18FNO3. The van der Waals surface area contributed by atoms with E-state index < -0.39 is 17.8 Å². The van der Waals surface area contributed by atoms with Gasteiger partial charge in [0.15, 0.2) is 17.7 Å². The lowest BCUT2D eigenvalue weighted by molar-refractivity contribution is -0.141. The first-order chi connectivity index (χ1) is 8.50. The molecule has 18 heavy (non-hydrogen) atoms. The Morgan fingerprint density at radius 1 is 1.33 bits per heavy atom. The molecule has 0 fully saturated rings. The second-order valence-electron chi connectivity index (χ2n) is 4.36. The minimum atomic E-state index is -0.825. The number of carbonyl (C=O) groups is 1. The van der Waals surface area contributed by atoms with Crippen molar-refractivity contribution in [1.82, 2.24) is 5.48 Å². The van der Waals surface area contributed by atoms with Gasteiger partial charge in [-0.25, -0.2) is 9.87 Å². The van der Waals surface area contributed by atoms with Gasteiger partial charge in [-0.1, -0.05) is 26.0 Å². The third-order valence-corrected chi connectivity index (χ3v) is 2.10. The van der Waals surface area contributed by atoms with E-state index in [1.54, 1.807) is 12.1 Å². The maximum Gasteiger partial charge on any atom is 0.284 e. The van der Waals surface area contributed by atoms with Gasteiger partial charge in [-0.3, -0.25) is 9.63 Å². The second kappa shape index (κ2) is 6.96. The average molecular weight is 255 g/mol. The van der Waals surface area contributed by atoms with Crippen LogP contribution in [0, 0.1) is 11.7 Å². The lowest BCUT2D eigenvalue weighted by atomic mass is 10.2. The third kappa shape index (κ3) is 4.71. The summed E-state index contributed by atoms with van der Waals surface area (Å²) in [6, 6.07) is 5.93. The number of benzene rings is 1. The normalized spacial score (nSPS) is 12.3. The minimum absolute atomic E-state index is 0.0454. The van der Waals surface area contributed by atoms with E-state index in [0.29, 0.717) is 12.5 Å². The first-order valence-corrected chi connectivity index (χ1v) is 5.83. The fourth-order valence-corrected chi connectivity index (χ4v) is 1.15. The molecule has 1 atom stereocenters. The van der Waals surface area contributed by atoms with Gasteiger partial charge in [0.2, 0.25) is 0 Å². The van der Waals surface area contributed by atoms with Crippen LogP contribution in [0.1, 0.15) is 20.8 Å².